The molecular formula is C18H18ClF3N2O4S. The van der Waals surface area contributed by atoms with E-state index in [4.69, 9.17) is 11.6 Å². The first-order valence-electron chi connectivity index (χ1n) is 8.30. The third kappa shape index (κ3) is 4.65. The molecule has 0 bridgehead atoms. The molecule has 0 fully saturated rings. The lowest BCUT2D eigenvalue weighted by Crippen LogP contribution is -2.52. The first kappa shape index (κ1) is 23.0. The Morgan fingerprint density at radius 2 is 1.76 bits per heavy atom. The van der Waals surface area contributed by atoms with Crippen molar-refractivity contribution < 1.29 is 31.5 Å². The summed E-state index contributed by atoms with van der Waals surface area (Å²) in [6, 6.07) is 11.5. The Hall–Kier alpha value is -2.30. The number of para-hydroxylation sites is 1. The summed E-state index contributed by atoms with van der Waals surface area (Å²) in [6.45, 7) is 2.06. The second kappa shape index (κ2) is 8.21. The fourth-order valence-corrected chi connectivity index (χ4v) is 4.14. The summed E-state index contributed by atoms with van der Waals surface area (Å²) >= 11 is 5.98. The van der Waals surface area contributed by atoms with Gasteiger partial charge in [0.15, 0.2) is 0 Å². The molecule has 0 aromatic heterocycles. The van der Waals surface area contributed by atoms with Crippen LogP contribution in [0, 0.1) is 0 Å². The predicted molar refractivity (Wildman–Crippen MR) is 103 cm³/mol. The normalized spacial score (nSPS) is 14.2. The van der Waals surface area contributed by atoms with Gasteiger partial charge in [0.1, 0.15) is 0 Å². The number of sulfonamides is 1. The van der Waals surface area contributed by atoms with Gasteiger partial charge in [-0.25, -0.2) is 8.42 Å². The highest BCUT2D eigenvalue weighted by Gasteiger charge is 2.55. The van der Waals surface area contributed by atoms with Crippen LogP contribution in [-0.2, 0) is 14.8 Å². The molecule has 2 rings (SSSR count). The number of halogens is 4. The minimum atomic E-state index is -5.20. The maximum absolute atomic E-state index is 12.9. The zero-order chi connectivity index (χ0) is 22.0. The number of anilines is 2. The van der Waals surface area contributed by atoms with Crippen LogP contribution < -0.4 is 9.62 Å². The van der Waals surface area contributed by atoms with Crippen molar-refractivity contribution in [1.82, 2.24) is 0 Å². The molecule has 29 heavy (non-hydrogen) atoms. The number of alkyl halides is 3. The number of nitrogens with one attached hydrogen (secondary N) is 1. The van der Waals surface area contributed by atoms with Crippen LogP contribution in [0.5, 0.6) is 0 Å². The van der Waals surface area contributed by atoms with Gasteiger partial charge in [0.25, 0.3) is 15.9 Å². The highest BCUT2D eigenvalue weighted by molar-refractivity contribution is 7.92. The molecule has 0 unspecified atom stereocenters. The van der Waals surface area contributed by atoms with Gasteiger partial charge in [-0.2, -0.15) is 13.2 Å². The third-order valence-corrected chi connectivity index (χ3v) is 6.31. The first-order valence-corrected chi connectivity index (χ1v) is 10.1. The lowest BCUT2D eigenvalue weighted by molar-refractivity contribution is -0.242. The van der Waals surface area contributed by atoms with Crippen molar-refractivity contribution in [3.63, 3.8) is 0 Å². The Morgan fingerprint density at radius 3 is 2.24 bits per heavy atom. The van der Waals surface area contributed by atoms with Crippen LogP contribution in [0.4, 0.5) is 24.5 Å². The molecule has 0 spiro atoms. The maximum Gasteiger partial charge on any atom is 0.426 e. The molecule has 0 saturated carbocycles. The molecule has 0 aliphatic carbocycles. The SMILES string of the molecule is CCN(c1ccccc1)S(=O)(=O)c1ccc(NC(=O)[C@@](C)(O)C(F)(F)F)c(Cl)c1. The number of hydrogen-bond donors (Lipinski definition) is 2. The van der Waals surface area contributed by atoms with E-state index >= 15 is 0 Å². The zero-order valence-electron chi connectivity index (χ0n) is 15.4. The van der Waals surface area contributed by atoms with Gasteiger partial charge in [-0.3, -0.25) is 9.10 Å². The topological polar surface area (TPSA) is 86.7 Å². The largest absolute Gasteiger partial charge is 0.426 e. The second-order valence-electron chi connectivity index (χ2n) is 6.17. The monoisotopic (exact) mass is 450 g/mol. The fraction of sp³-hybridized carbons (Fsp3) is 0.278. The standard InChI is InChI=1S/C18H18ClF3N2O4S/c1-3-24(12-7-5-4-6-8-12)29(27,28)13-9-10-15(14(19)11-13)23-16(25)17(2,26)18(20,21)22/h4-11,26H,3H2,1-2H3,(H,23,25)/t17-/m1/s1. The summed E-state index contributed by atoms with van der Waals surface area (Å²) < 4.78 is 65.3. The van der Waals surface area contributed by atoms with Crippen LogP contribution >= 0.6 is 11.6 Å². The summed E-state index contributed by atoms with van der Waals surface area (Å²) in [5.74, 6) is -1.75. The van der Waals surface area contributed by atoms with Crippen LogP contribution in [0.1, 0.15) is 13.8 Å². The van der Waals surface area contributed by atoms with E-state index in [-0.39, 0.29) is 22.2 Å². The summed E-state index contributed by atoms with van der Waals surface area (Å²) in [7, 11) is -4.02. The van der Waals surface area contributed by atoms with Crippen LogP contribution in [0.2, 0.25) is 5.02 Å². The van der Waals surface area contributed by atoms with E-state index in [1.807, 2.05) is 5.32 Å². The van der Waals surface area contributed by atoms with Gasteiger partial charge in [0.05, 0.1) is 21.3 Å². The van der Waals surface area contributed by atoms with Gasteiger partial charge in [-0.05, 0) is 44.2 Å². The molecule has 2 aromatic carbocycles. The van der Waals surface area contributed by atoms with Crippen LogP contribution in [0.15, 0.2) is 53.4 Å². The molecule has 6 nitrogen and oxygen atoms in total. The number of carbonyl (C=O) groups excluding carboxylic acids is 1. The van der Waals surface area contributed by atoms with Gasteiger partial charge in [0.2, 0.25) is 5.60 Å². The summed E-state index contributed by atoms with van der Waals surface area (Å²) in [6.07, 6.45) is -5.20. The molecule has 158 valence electrons. The summed E-state index contributed by atoms with van der Waals surface area (Å²) in [5, 5.41) is 11.0. The molecular weight excluding hydrogens is 433 g/mol. The lowest BCUT2D eigenvalue weighted by Gasteiger charge is -2.25. The third-order valence-electron chi connectivity index (χ3n) is 4.10. The number of hydrogen-bond acceptors (Lipinski definition) is 4. The molecule has 1 amide bonds. The highest BCUT2D eigenvalue weighted by Crippen LogP contribution is 2.33. The van der Waals surface area contributed by atoms with E-state index in [0.29, 0.717) is 12.6 Å². The Kier molecular flexibility index (Phi) is 6.51. The molecule has 1 atom stereocenters. The molecule has 2 aromatic rings. The molecule has 0 radical (unpaired) electrons. The minimum absolute atomic E-state index is 0.122. The second-order valence-corrected chi connectivity index (χ2v) is 8.44. The van der Waals surface area contributed by atoms with Gasteiger partial charge >= 0.3 is 6.18 Å². The average Bonchev–Trinajstić information content (AvgIpc) is 2.63. The lowest BCUT2D eigenvalue weighted by atomic mass is 10.1. The smallest absolute Gasteiger partial charge is 0.373 e. The maximum atomic E-state index is 12.9. The van der Waals surface area contributed by atoms with E-state index in [2.05, 4.69) is 0 Å². The summed E-state index contributed by atoms with van der Waals surface area (Å²) in [5.41, 5.74) is -3.50. The van der Waals surface area contributed by atoms with Gasteiger partial charge in [-0.1, -0.05) is 29.8 Å². The van der Waals surface area contributed by atoms with E-state index in [9.17, 15) is 31.5 Å². The van der Waals surface area contributed by atoms with Crippen LogP contribution in [-0.4, -0.2) is 37.8 Å². The quantitative estimate of drug-likeness (QED) is 0.700. The number of aliphatic hydroxyl groups is 1. The molecule has 0 aliphatic rings. The van der Waals surface area contributed by atoms with E-state index in [0.717, 1.165) is 22.5 Å². The number of amides is 1. The van der Waals surface area contributed by atoms with Crippen molar-refractivity contribution >= 4 is 38.9 Å². The van der Waals surface area contributed by atoms with Gasteiger partial charge < -0.3 is 10.4 Å². The molecule has 11 heteroatoms. The first-order chi connectivity index (χ1) is 13.3. The van der Waals surface area contributed by atoms with Crippen LogP contribution in [0.3, 0.4) is 0 Å². The fourth-order valence-electron chi connectivity index (χ4n) is 2.34. The molecule has 2 N–H and O–H groups in total. The zero-order valence-corrected chi connectivity index (χ0v) is 16.9. The predicted octanol–water partition coefficient (Wildman–Crippen LogP) is 3.81. The number of nitrogens with zero attached hydrogens (tertiary/aromatic N) is 1. The number of rotatable bonds is 6. The summed E-state index contributed by atoms with van der Waals surface area (Å²) in [4.78, 5) is 11.6. The van der Waals surface area contributed by atoms with Crippen molar-refractivity contribution in [1.29, 1.82) is 0 Å². The Labute approximate surface area is 171 Å². The Morgan fingerprint density at radius 1 is 1.17 bits per heavy atom. The van der Waals surface area contributed by atoms with Crippen molar-refractivity contribution in [2.75, 3.05) is 16.2 Å². The highest BCUT2D eigenvalue weighted by atomic mass is 35.5. The molecule has 0 heterocycles. The molecule has 0 saturated heterocycles. The van der Waals surface area contributed by atoms with E-state index in [1.54, 1.807) is 37.3 Å². The van der Waals surface area contributed by atoms with Crippen molar-refractivity contribution in [3.8, 4) is 0 Å². The van der Waals surface area contributed by atoms with Crippen molar-refractivity contribution in [3.05, 3.63) is 53.6 Å². The molecule has 0 aliphatic heterocycles. The average molecular weight is 451 g/mol. The number of benzene rings is 2. The van der Waals surface area contributed by atoms with E-state index < -0.39 is 27.7 Å². The van der Waals surface area contributed by atoms with Crippen molar-refractivity contribution in [2.45, 2.75) is 30.5 Å². The van der Waals surface area contributed by atoms with Gasteiger partial charge in [-0.15, -0.1) is 0 Å². The van der Waals surface area contributed by atoms with Crippen LogP contribution in [0.25, 0.3) is 0 Å². The Balaban J connectivity index is 2.35. The van der Waals surface area contributed by atoms with Crippen molar-refractivity contribution in [2.24, 2.45) is 0 Å². The minimum Gasteiger partial charge on any atom is -0.373 e. The van der Waals surface area contributed by atoms with Gasteiger partial charge in [0, 0.05) is 6.54 Å². The number of carbonyl (C=O) groups is 1. The van der Waals surface area contributed by atoms with E-state index in [1.165, 1.54) is 0 Å². The Bertz CT molecular complexity index is 996.